The molecular formula is C14H21ClN2O. The molecule has 2 rings (SSSR count). The summed E-state index contributed by atoms with van der Waals surface area (Å²) in [7, 11) is 0. The van der Waals surface area contributed by atoms with Crippen LogP contribution in [0, 0.1) is 13.8 Å². The molecule has 1 amide bonds. The molecule has 0 aromatic heterocycles. The van der Waals surface area contributed by atoms with Gasteiger partial charge in [0.05, 0.1) is 0 Å². The van der Waals surface area contributed by atoms with Gasteiger partial charge in [0, 0.05) is 17.6 Å². The lowest BCUT2D eigenvalue weighted by atomic mass is 9.78. The van der Waals surface area contributed by atoms with Gasteiger partial charge in [0.15, 0.2) is 0 Å². The molecular weight excluding hydrogens is 248 g/mol. The molecule has 3 N–H and O–H groups in total. The van der Waals surface area contributed by atoms with Gasteiger partial charge < -0.3 is 11.1 Å². The number of amides is 1. The highest BCUT2D eigenvalue weighted by molar-refractivity contribution is 5.94. The third-order valence-corrected chi connectivity index (χ3v) is 3.72. The van der Waals surface area contributed by atoms with Crippen molar-refractivity contribution in [2.24, 2.45) is 5.73 Å². The maximum atomic E-state index is 11.9. The molecule has 0 radical (unpaired) electrons. The maximum Gasteiger partial charge on any atom is 0.251 e. The number of hydrogen-bond donors (Lipinski definition) is 2. The van der Waals surface area contributed by atoms with Gasteiger partial charge in [0.25, 0.3) is 5.91 Å². The van der Waals surface area contributed by atoms with Crippen LogP contribution in [0.25, 0.3) is 0 Å². The number of nitrogens with two attached hydrogens (primary N) is 1. The van der Waals surface area contributed by atoms with Crippen LogP contribution in [-0.2, 0) is 0 Å². The standard InChI is InChI=1S/C14H20N2O.ClH/c1-10-4-5-12(8-11(10)2)13(17)16-9-14(15)6-3-7-14;/h4-5,8H,3,6-7,9,15H2,1-2H3,(H,16,17);1H. The van der Waals surface area contributed by atoms with Gasteiger partial charge in [-0.15, -0.1) is 12.4 Å². The first-order chi connectivity index (χ1) is 8.00. The lowest BCUT2D eigenvalue weighted by Gasteiger charge is -2.38. The number of benzene rings is 1. The molecule has 1 aromatic rings. The first-order valence-corrected chi connectivity index (χ1v) is 6.15. The Bertz CT molecular complexity index is 441. The summed E-state index contributed by atoms with van der Waals surface area (Å²) in [6.07, 6.45) is 3.20. The highest BCUT2D eigenvalue weighted by atomic mass is 35.5. The van der Waals surface area contributed by atoms with Gasteiger partial charge in [-0.1, -0.05) is 6.07 Å². The van der Waals surface area contributed by atoms with E-state index in [1.54, 1.807) is 0 Å². The number of aryl methyl sites for hydroxylation is 2. The molecule has 1 saturated carbocycles. The predicted octanol–water partition coefficient (Wildman–Crippen LogP) is 2.34. The van der Waals surface area contributed by atoms with Gasteiger partial charge >= 0.3 is 0 Å². The van der Waals surface area contributed by atoms with E-state index in [1.165, 1.54) is 12.0 Å². The summed E-state index contributed by atoms with van der Waals surface area (Å²) in [6, 6.07) is 5.77. The Kier molecular flexibility index (Phi) is 4.77. The van der Waals surface area contributed by atoms with Crippen LogP contribution in [0.2, 0.25) is 0 Å². The minimum atomic E-state index is -0.157. The fourth-order valence-corrected chi connectivity index (χ4v) is 2.05. The van der Waals surface area contributed by atoms with E-state index < -0.39 is 0 Å². The Morgan fingerprint density at radius 3 is 2.50 bits per heavy atom. The topological polar surface area (TPSA) is 55.1 Å². The maximum absolute atomic E-state index is 11.9. The van der Waals surface area contributed by atoms with E-state index in [-0.39, 0.29) is 23.9 Å². The van der Waals surface area contributed by atoms with E-state index in [2.05, 4.69) is 5.32 Å². The van der Waals surface area contributed by atoms with Gasteiger partial charge in [-0.25, -0.2) is 0 Å². The summed E-state index contributed by atoms with van der Waals surface area (Å²) in [5, 5.41) is 2.92. The van der Waals surface area contributed by atoms with Crippen LogP contribution >= 0.6 is 12.4 Å². The summed E-state index contributed by atoms with van der Waals surface area (Å²) in [5.41, 5.74) is 8.98. The van der Waals surface area contributed by atoms with Gasteiger partial charge in [-0.3, -0.25) is 4.79 Å². The molecule has 18 heavy (non-hydrogen) atoms. The molecule has 1 aliphatic rings. The van der Waals surface area contributed by atoms with Gasteiger partial charge in [0.2, 0.25) is 0 Å². The first kappa shape index (κ1) is 15.0. The lowest BCUT2D eigenvalue weighted by molar-refractivity contribution is 0.0929. The van der Waals surface area contributed by atoms with Crippen molar-refractivity contribution in [1.82, 2.24) is 5.32 Å². The van der Waals surface area contributed by atoms with Crippen molar-refractivity contribution >= 4 is 18.3 Å². The average molecular weight is 269 g/mol. The quantitative estimate of drug-likeness (QED) is 0.884. The second-order valence-electron chi connectivity index (χ2n) is 5.20. The number of hydrogen-bond acceptors (Lipinski definition) is 2. The summed E-state index contributed by atoms with van der Waals surface area (Å²) in [5.74, 6) is -0.0233. The molecule has 100 valence electrons. The summed E-state index contributed by atoms with van der Waals surface area (Å²) < 4.78 is 0. The van der Waals surface area contributed by atoms with Crippen molar-refractivity contribution in [2.75, 3.05) is 6.54 Å². The smallest absolute Gasteiger partial charge is 0.251 e. The molecule has 0 heterocycles. The lowest BCUT2D eigenvalue weighted by Crippen LogP contribution is -2.54. The molecule has 0 spiro atoms. The minimum Gasteiger partial charge on any atom is -0.350 e. The summed E-state index contributed by atoms with van der Waals surface area (Å²) >= 11 is 0. The van der Waals surface area contributed by atoms with Gasteiger partial charge in [-0.05, 0) is 56.4 Å². The van der Waals surface area contributed by atoms with Crippen LogP contribution in [0.15, 0.2) is 18.2 Å². The minimum absolute atomic E-state index is 0. The Balaban J connectivity index is 0.00000162. The van der Waals surface area contributed by atoms with Crippen molar-refractivity contribution in [3.63, 3.8) is 0 Å². The second kappa shape index (κ2) is 5.72. The molecule has 1 aromatic carbocycles. The Morgan fingerprint density at radius 1 is 1.33 bits per heavy atom. The Labute approximate surface area is 115 Å². The normalized spacial score (nSPS) is 16.4. The third-order valence-electron chi connectivity index (χ3n) is 3.72. The predicted molar refractivity (Wildman–Crippen MR) is 76.3 cm³/mol. The van der Waals surface area contributed by atoms with Gasteiger partial charge in [0.1, 0.15) is 0 Å². The first-order valence-electron chi connectivity index (χ1n) is 6.15. The average Bonchev–Trinajstić information content (AvgIpc) is 2.27. The number of halogens is 1. The van der Waals surface area contributed by atoms with Crippen LogP contribution in [0.5, 0.6) is 0 Å². The van der Waals surface area contributed by atoms with E-state index in [0.717, 1.165) is 24.0 Å². The van der Waals surface area contributed by atoms with Crippen molar-refractivity contribution in [1.29, 1.82) is 0 Å². The molecule has 0 bridgehead atoms. The highest BCUT2D eigenvalue weighted by Crippen LogP contribution is 2.28. The zero-order valence-electron chi connectivity index (χ0n) is 11.0. The number of rotatable bonds is 3. The number of carbonyl (C=O) groups is 1. The summed E-state index contributed by atoms with van der Waals surface area (Å²) in [4.78, 5) is 11.9. The van der Waals surface area contributed by atoms with E-state index in [4.69, 9.17) is 5.73 Å². The highest BCUT2D eigenvalue weighted by Gasteiger charge is 2.32. The van der Waals surface area contributed by atoms with Crippen LogP contribution in [0.1, 0.15) is 40.7 Å². The van der Waals surface area contributed by atoms with Gasteiger partial charge in [-0.2, -0.15) is 0 Å². The SMILES string of the molecule is Cc1ccc(C(=O)NCC2(N)CCC2)cc1C.Cl. The van der Waals surface area contributed by atoms with Crippen molar-refractivity contribution < 1.29 is 4.79 Å². The Hall–Kier alpha value is -1.06. The fourth-order valence-electron chi connectivity index (χ4n) is 2.05. The van der Waals surface area contributed by atoms with Crippen LogP contribution in [0.3, 0.4) is 0 Å². The Morgan fingerprint density at radius 2 is 2.00 bits per heavy atom. The van der Waals surface area contributed by atoms with Crippen LogP contribution in [0.4, 0.5) is 0 Å². The zero-order valence-corrected chi connectivity index (χ0v) is 11.8. The van der Waals surface area contributed by atoms with E-state index in [9.17, 15) is 4.79 Å². The largest absolute Gasteiger partial charge is 0.350 e. The molecule has 4 heteroatoms. The van der Waals surface area contributed by atoms with Crippen molar-refractivity contribution in [3.05, 3.63) is 34.9 Å². The summed E-state index contributed by atoms with van der Waals surface area (Å²) in [6.45, 7) is 4.64. The van der Waals surface area contributed by atoms with Crippen LogP contribution in [-0.4, -0.2) is 18.0 Å². The van der Waals surface area contributed by atoms with Crippen molar-refractivity contribution in [3.8, 4) is 0 Å². The van der Waals surface area contributed by atoms with E-state index >= 15 is 0 Å². The fraction of sp³-hybridized carbons (Fsp3) is 0.500. The molecule has 0 saturated heterocycles. The third kappa shape index (κ3) is 3.24. The number of nitrogens with one attached hydrogen (secondary N) is 1. The molecule has 0 unspecified atom stereocenters. The second-order valence-corrected chi connectivity index (χ2v) is 5.20. The van der Waals surface area contributed by atoms with E-state index in [0.29, 0.717) is 6.54 Å². The molecule has 0 aliphatic heterocycles. The zero-order chi connectivity index (χ0) is 12.5. The van der Waals surface area contributed by atoms with E-state index in [1.807, 2.05) is 32.0 Å². The molecule has 0 atom stereocenters. The monoisotopic (exact) mass is 268 g/mol. The van der Waals surface area contributed by atoms with Crippen molar-refractivity contribution in [2.45, 2.75) is 38.6 Å². The molecule has 1 aliphatic carbocycles. The number of carbonyl (C=O) groups excluding carboxylic acids is 1. The van der Waals surface area contributed by atoms with Crippen LogP contribution < -0.4 is 11.1 Å². The molecule has 3 nitrogen and oxygen atoms in total. The molecule has 1 fully saturated rings.